The highest BCUT2D eigenvalue weighted by Crippen LogP contribution is 2.52. The molecule has 1 amide bonds. The van der Waals surface area contributed by atoms with Gasteiger partial charge >= 0.3 is 0 Å². The number of amides is 1. The summed E-state index contributed by atoms with van der Waals surface area (Å²) in [6, 6.07) is -1.03. The third-order valence-electron chi connectivity index (χ3n) is 7.28. The molecule has 0 spiro atoms. The van der Waals surface area contributed by atoms with Crippen molar-refractivity contribution >= 4 is 17.5 Å². The minimum atomic E-state index is -2.65. The number of allylic oxidation sites excluding steroid dienone is 1. The Morgan fingerprint density at radius 3 is 2.47 bits per heavy atom. The van der Waals surface area contributed by atoms with E-state index >= 15 is 0 Å². The first kappa shape index (κ1) is 25.8. The minimum Gasteiger partial charge on any atom is -0.510 e. The number of Topliss-reactive ketones (excluding diaryl/α,β-unsaturated/α-hetero) is 2. The second kappa shape index (κ2) is 8.96. The van der Waals surface area contributed by atoms with E-state index in [2.05, 4.69) is 10.3 Å². The van der Waals surface area contributed by atoms with Gasteiger partial charge in [-0.25, -0.2) is 0 Å². The largest absolute Gasteiger partial charge is 0.510 e. The topological polar surface area (TPSA) is 190 Å². The van der Waals surface area contributed by atoms with Crippen LogP contribution in [0.2, 0.25) is 0 Å². The summed E-state index contributed by atoms with van der Waals surface area (Å²) in [5.41, 5.74) is 2.68. The van der Waals surface area contributed by atoms with Crippen LogP contribution in [-0.4, -0.2) is 99.2 Å². The number of aromatic hydroxyl groups is 1. The van der Waals surface area contributed by atoms with Crippen molar-refractivity contribution in [1.29, 1.82) is 0 Å². The highest BCUT2D eigenvalue weighted by molar-refractivity contribution is 6.24. The minimum absolute atomic E-state index is 0.0337. The van der Waals surface area contributed by atoms with Crippen LogP contribution in [0.5, 0.6) is 5.75 Å². The Hall–Kier alpha value is -3.32. The Balaban J connectivity index is 1.86. The number of carbonyl (C=O) groups excluding carboxylic acids is 3. The molecular weight excluding hydrogens is 470 g/mol. The molecule has 0 aliphatic heterocycles. The third-order valence-corrected chi connectivity index (χ3v) is 7.28. The maximum atomic E-state index is 13.6. The number of ketones is 2. The number of primary amides is 1. The molecule has 0 saturated heterocycles. The van der Waals surface area contributed by atoms with E-state index in [1.54, 1.807) is 14.1 Å². The summed E-state index contributed by atoms with van der Waals surface area (Å²) in [5, 5.41) is 47.4. The van der Waals surface area contributed by atoms with Gasteiger partial charge in [0, 0.05) is 24.7 Å². The molecule has 3 aliphatic carbocycles. The van der Waals surface area contributed by atoms with Crippen LogP contribution in [0.4, 0.5) is 0 Å². The summed E-state index contributed by atoms with van der Waals surface area (Å²) in [6.45, 7) is 0.875. The molecule has 0 radical (unpaired) electrons. The second-order valence-electron chi connectivity index (χ2n) is 10.1. The van der Waals surface area contributed by atoms with E-state index < -0.39 is 58.0 Å². The van der Waals surface area contributed by atoms with Gasteiger partial charge in [-0.2, -0.15) is 0 Å². The molecule has 0 saturated carbocycles. The molecule has 194 valence electrons. The first-order valence-corrected chi connectivity index (χ1v) is 11.5. The zero-order chi connectivity index (χ0) is 26.7. The van der Waals surface area contributed by atoms with Crippen LogP contribution in [-0.2, 0) is 22.6 Å². The van der Waals surface area contributed by atoms with E-state index in [9.17, 15) is 34.8 Å². The predicted molar refractivity (Wildman–Crippen MR) is 127 cm³/mol. The van der Waals surface area contributed by atoms with Crippen LogP contribution in [0, 0.1) is 11.8 Å². The van der Waals surface area contributed by atoms with Crippen molar-refractivity contribution < 1.29 is 34.8 Å². The van der Waals surface area contributed by atoms with Gasteiger partial charge in [-0.05, 0) is 52.5 Å². The molecule has 36 heavy (non-hydrogen) atoms. The van der Waals surface area contributed by atoms with Crippen molar-refractivity contribution in [2.45, 2.75) is 31.0 Å². The van der Waals surface area contributed by atoms with Crippen molar-refractivity contribution in [2.75, 3.05) is 34.9 Å². The number of aliphatic hydroxyl groups is 3. The monoisotopic (exact) mass is 501 g/mol. The molecule has 0 bridgehead atoms. The molecule has 1 aromatic heterocycles. The van der Waals surface area contributed by atoms with E-state index in [0.717, 1.165) is 6.20 Å². The van der Waals surface area contributed by atoms with Gasteiger partial charge in [-0.15, -0.1) is 0 Å². The molecule has 1 heterocycles. The van der Waals surface area contributed by atoms with Crippen molar-refractivity contribution in [3.8, 4) is 5.75 Å². The number of aliphatic hydroxyl groups excluding tert-OH is 2. The lowest BCUT2D eigenvalue weighted by Gasteiger charge is -2.50. The molecule has 0 unspecified atom stereocenters. The van der Waals surface area contributed by atoms with Crippen molar-refractivity contribution in [1.82, 2.24) is 20.1 Å². The molecule has 1 aromatic rings. The number of pyridine rings is 1. The number of nitrogens with two attached hydrogens (primary N) is 1. The van der Waals surface area contributed by atoms with Gasteiger partial charge in [0.1, 0.15) is 22.8 Å². The van der Waals surface area contributed by atoms with Crippen molar-refractivity contribution in [3.05, 3.63) is 45.7 Å². The fourth-order valence-corrected chi connectivity index (χ4v) is 5.75. The molecule has 3 aliphatic rings. The molecule has 0 aromatic carbocycles. The van der Waals surface area contributed by atoms with Crippen LogP contribution in [0.3, 0.4) is 0 Å². The quantitative estimate of drug-likeness (QED) is 0.210. The number of aromatic nitrogens is 1. The summed E-state index contributed by atoms with van der Waals surface area (Å²) < 4.78 is 0. The molecular formula is C24H31N5O7. The van der Waals surface area contributed by atoms with Crippen molar-refractivity contribution in [2.24, 2.45) is 17.6 Å². The fraction of sp³-hybridized carbons (Fsp3) is 0.500. The normalized spacial score (nSPS) is 27.9. The van der Waals surface area contributed by atoms with Crippen LogP contribution < -0.4 is 11.1 Å². The maximum absolute atomic E-state index is 13.6. The Labute approximate surface area is 207 Å². The SMILES string of the molecule is CN(C)CNCc1ncc(O)c2c1C[C@H]1C[C@H]3[C@H](N(C)C)C(O)=C(C(N)=O)C(=O)[C@@]3(O)C(O)=C1C2=O. The first-order chi connectivity index (χ1) is 16.8. The van der Waals surface area contributed by atoms with Gasteiger partial charge in [0.15, 0.2) is 11.4 Å². The molecule has 12 heteroatoms. The zero-order valence-electron chi connectivity index (χ0n) is 20.6. The number of fused-ring (bicyclic) bond motifs is 3. The van der Waals surface area contributed by atoms with Gasteiger partial charge in [-0.3, -0.25) is 34.5 Å². The van der Waals surface area contributed by atoms with Crippen LogP contribution in [0.25, 0.3) is 0 Å². The van der Waals surface area contributed by atoms with Gasteiger partial charge in [0.25, 0.3) is 5.91 Å². The number of nitrogens with zero attached hydrogens (tertiary/aromatic N) is 3. The van der Waals surface area contributed by atoms with E-state index in [-0.39, 0.29) is 29.7 Å². The first-order valence-electron chi connectivity index (χ1n) is 11.5. The standard InChI is InChI=1S/C24H31N5O7/c1-28(2)9-26-7-13-11-5-10-6-12-18(29(3)4)20(32)17(23(25)35)22(34)24(12,36)21(33)15(10)19(31)16(11)14(30)8-27-13/h8,10,12,18,26,30,32-33,36H,5-7,9H2,1-4H3,(H2,25,35)/t10-,12-,18-,24-/m0/s1. The number of hydrogen-bond acceptors (Lipinski definition) is 11. The lowest BCUT2D eigenvalue weighted by Crippen LogP contribution is -2.63. The Bertz CT molecular complexity index is 1220. The maximum Gasteiger partial charge on any atom is 0.255 e. The smallest absolute Gasteiger partial charge is 0.255 e. The Morgan fingerprint density at radius 1 is 1.22 bits per heavy atom. The lowest BCUT2D eigenvalue weighted by molar-refractivity contribution is -0.148. The zero-order valence-corrected chi connectivity index (χ0v) is 20.6. The van der Waals surface area contributed by atoms with E-state index in [4.69, 9.17) is 5.73 Å². The Morgan fingerprint density at radius 2 is 1.89 bits per heavy atom. The number of nitrogens with one attached hydrogen (secondary N) is 1. The summed E-state index contributed by atoms with van der Waals surface area (Å²) in [6.07, 6.45) is 1.39. The number of rotatable bonds is 6. The summed E-state index contributed by atoms with van der Waals surface area (Å²) in [5.74, 6) is -6.80. The molecule has 12 nitrogen and oxygen atoms in total. The van der Waals surface area contributed by atoms with E-state index in [1.165, 1.54) is 4.90 Å². The number of hydrogen-bond donors (Lipinski definition) is 6. The second-order valence-corrected chi connectivity index (χ2v) is 10.1. The molecule has 0 fully saturated rings. The van der Waals surface area contributed by atoms with Gasteiger partial charge < -0.3 is 26.2 Å². The number of carbonyl (C=O) groups is 3. The van der Waals surface area contributed by atoms with Crippen LogP contribution in [0.15, 0.2) is 28.9 Å². The predicted octanol–water partition coefficient (Wildman–Crippen LogP) is -0.876. The average molecular weight is 502 g/mol. The van der Waals surface area contributed by atoms with Crippen molar-refractivity contribution in [3.63, 3.8) is 0 Å². The molecule has 4 rings (SSSR count). The highest BCUT2D eigenvalue weighted by atomic mass is 16.3. The number of likely N-dealkylation sites (N-methyl/N-ethyl adjacent to an activating group) is 1. The molecule has 4 atom stereocenters. The summed E-state index contributed by atoms with van der Waals surface area (Å²) in [7, 11) is 6.95. The lowest BCUT2D eigenvalue weighted by atomic mass is 9.58. The van der Waals surface area contributed by atoms with E-state index in [0.29, 0.717) is 24.5 Å². The average Bonchev–Trinajstić information content (AvgIpc) is 2.77. The van der Waals surface area contributed by atoms with Gasteiger partial charge in [0.05, 0.1) is 23.5 Å². The Kier molecular flexibility index (Phi) is 6.41. The molecule has 7 N–H and O–H groups in total. The van der Waals surface area contributed by atoms with Gasteiger partial charge in [-0.1, -0.05) is 0 Å². The van der Waals surface area contributed by atoms with Crippen LogP contribution in [0.1, 0.15) is 28.0 Å². The summed E-state index contributed by atoms with van der Waals surface area (Å²) in [4.78, 5) is 46.6. The highest BCUT2D eigenvalue weighted by Gasteiger charge is 2.63. The van der Waals surface area contributed by atoms with Gasteiger partial charge in [0.2, 0.25) is 5.78 Å². The van der Waals surface area contributed by atoms with E-state index in [1.807, 2.05) is 19.0 Å². The summed E-state index contributed by atoms with van der Waals surface area (Å²) >= 11 is 0. The fourth-order valence-electron chi connectivity index (χ4n) is 5.75. The van der Waals surface area contributed by atoms with Crippen LogP contribution >= 0.6 is 0 Å². The third kappa shape index (κ3) is 3.68.